The van der Waals surface area contributed by atoms with Crippen LogP contribution in [0.4, 0.5) is 4.39 Å². The van der Waals surface area contributed by atoms with Crippen LogP contribution in [-0.2, 0) is 6.42 Å². The minimum atomic E-state index is -1.29. The lowest BCUT2D eigenvalue weighted by Gasteiger charge is -2.18. The SMILES string of the molecule is CC(C)(F)C(Br)c1nc(CCN)cs1. The van der Waals surface area contributed by atoms with E-state index in [-0.39, 0.29) is 4.83 Å². The molecule has 0 saturated heterocycles. The van der Waals surface area contributed by atoms with Crippen LogP contribution in [0.1, 0.15) is 29.4 Å². The minimum Gasteiger partial charge on any atom is -0.330 e. The second kappa shape index (κ2) is 4.68. The fraction of sp³-hybridized carbons (Fsp3) is 0.667. The summed E-state index contributed by atoms with van der Waals surface area (Å²) >= 11 is 4.78. The van der Waals surface area contributed by atoms with Gasteiger partial charge in [-0.25, -0.2) is 9.37 Å². The van der Waals surface area contributed by atoms with E-state index in [0.29, 0.717) is 6.54 Å². The Bertz CT molecular complexity index is 295. The van der Waals surface area contributed by atoms with Gasteiger partial charge in [-0.05, 0) is 20.4 Å². The number of nitrogens with two attached hydrogens (primary N) is 1. The topological polar surface area (TPSA) is 38.9 Å². The first-order chi connectivity index (χ1) is 6.45. The van der Waals surface area contributed by atoms with Crippen LogP contribution in [0.25, 0.3) is 0 Å². The van der Waals surface area contributed by atoms with Crippen LogP contribution in [0.5, 0.6) is 0 Å². The van der Waals surface area contributed by atoms with Gasteiger partial charge in [-0.3, -0.25) is 0 Å². The number of nitrogens with zero attached hydrogens (tertiary/aromatic N) is 1. The molecule has 2 N–H and O–H groups in total. The Morgan fingerprint density at radius 2 is 2.36 bits per heavy atom. The number of rotatable bonds is 4. The number of hydrogen-bond donors (Lipinski definition) is 1. The van der Waals surface area contributed by atoms with E-state index in [1.54, 1.807) is 0 Å². The van der Waals surface area contributed by atoms with Crippen LogP contribution in [-0.4, -0.2) is 17.2 Å². The van der Waals surface area contributed by atoms with Gasteiger partial charge < -0.3 is 5.73 Å². The average Bonchev–Trinajstić information content (AvgIpc) is 2.50. The highest BCUT2D eigenvalue weighted by Crippen LogP contribution is 2.38. The molecule has 0 aliphatic heterocycles. The average molecular weight is 281 g/mol. The van der Waals surface area contributed by atoms with Gasteiger partial charge in [0.15, 0.2) is 0 Å². The van der Waals surface area contributed by atoms with E-state index >= 15 is 0 Å². The van der Waals surface area contributed by atoms with Gasteiger partial charge in [-0.2, -0.15) is 0 Å². The smallest absolute Gasteiger partial charge is 0.124 e. The van der Waals surface area contributed by atoms with Crippen molar-refractivity contribution in [2.45, 2.75) is 30.8 Å². The number of alkyl halides is 2. The summed E-state index contributed by atoms with van der Waals surface area (Å²) in [7, 11) is 0. The Hall–Kier alpha value is -0.0000000000000000555. The second-order valence-corrected chi connectivity index (χ2v) is 5.45. The molecule has 14 heavy (non-hydrogen) atoms. The molecule has 2 nitrogen and oxygen atoms in total. The monoisotopic (exact) mass is 280 g/mol. The summed E-state index contributed by atoms with van der Waals surface area (Å²) in [5.74, 6) is 0. The van der Waals surface area contributed by atoms with Gasteiger partial charge in [0.25, 0.3) is 0 Å². The van der Waals surface area contributed by atoms with Crippen molar-refractivity contribution in [2.75, 3.05) is 6.54 Å². The van der Waals surface area contributed by atoms with Crippen molar-refractivity contribution in [1.29, 1.82) is 0 Å². The molecule has 0 amide bonds. The van der Waals surface area contributed by atoms with E-state index in [9.17, 15) is 4.39 Å². The lowest BCUT2D eigenvalue weighted by atomic mass is 10.1. The van der Waals surface area contributed by atoms with Crippen LogP contribution < -0.4 is 5.73 Å². The van der Waals surface area contributed by atoms with E-state index < -0.39 is 5.67 Å². The zero-order chi connectivity index (χ0) is 10.8. The molecular formula is C9H14BrFN2S. The van der Waals surface area contributed by atoms with Gasteiger partial charge >= 0.3 is 0 Å². The summed E-state index contributed by atoms with van der Waals surface area (Å²) in [6.07, 6.45) is 0.753. The quantitative estimate of drug-likeness (QED) is 0.862. The van der Waals surface area contributed by atoms with Gasteiger partial charge in [0, 0.05) is 11.8 Å². The largest absolute Gasteiger partial charge is 0.330 e. The molecule has 80 valence electrons. The lowest BCUT2D eigenvalue weighted by molar-refractivity contribution is 0.215. The maximum atomic E-state index is 13.6. The Kier molecular flexibility index (Phi) is 4.04. The second-order valence-electron chi connectivity index (χ2n) is 3.64. The first-order valence-corrected chi connectivity index (χ1v) is 6.22. The first-order valence-electron chi connectivity index (χ1n) is 4.42. The molecule has 1 aromatic rings. The van der Waals surface area contributed by atoms with Crippen LogP contribution in [0, 0.1) is 0 Å². The van der Waals surface area contributed by atoms with Crippen molar-refractivity contribution >= 4 is 27.3 Å². The Balaban J connectivity index is 2.76. The maximum absolute atomic E-state index is 13.6. The number of aromatic nitrogens is 1. The van der Waals surface area contributed by atoms with Gasteiger partial charge in [-0.1, -0.05) is 15.9 Å². The lowest BCUT2D eigenvalue weighted by Crippen LogP contribution is -2.18. The van der Waals surface area contributed by atoms with Crippen LogP contribution >= 0.6 is 27.3 Å². The van der Waals surface area contributed by atoms with E-state index in [1.165, 1.54) is 25.2 Å². The molecule has 1 rings (SSSR count). The zero-order valence-corrected chi connectivity index (χ0v) is 10.7. The van der Waals surface area contributed by atoms with Gasteiger partial charge in [0.05, 0.1) is 10.5 Å². The van der Waals surface area contributed by atoms with Gasteiger partial charge in [-0.15, -0.1) is 11.3 Å². The summed E-state index contributed by atoms with van der Waals surface area (Å²) in [6.45, 7) is 3.65. The summed E-state index contributed by atoms with van der Waals surface area (Å²) in [5, 5.41) is 2.71. The van der Waals surface area contributed by atoms with Crippen LogP contribution in [0.15, 0.2) is 5.38 Å². The van der Waals surface area contributed by atoms with Crippen molar-refractivity contribution in [3.05, 3.63) is 16.1 Å². The highest BCUT2D eigenvalue weighted by atomic mass is 79.9. The molecule has 1 heterocycles. The van der Waals surface area contributed by atoms with E-state index in [0.717, 1.165) is 17.1 Å². The van der Waals surface area contributed by atoms with Crippen molar-refractivity contribution in [2.24, 2.45) is 5.73 Å². The summed E-state index contributed by atoms with van der Waals surface area (Å²) in [4.78, 5) is 3.98. The van der Waals surface area contributed by atoms with E-state index in [2.05, 4.69) is 20.9 Å². The van der Waals surface area contributed by atoms with Crippen molar-refractivity contribution < 1.29 is 4.39 Å². The molecule has 0 radical (unpaired) electrons. The molecule has 5 heteroatoms. The molecule has 0 aliphatic carbocycles. The predicted molar refractivity (Wildman–Crippen MR) is 61.7 cm³/mol. The van der Waals surface area contributed by atoms with Crippen molar-refractivity contribution in [3.63, 3.8) is 0 Å². The molecule has 1 aromatic heterocycles. The third-order valence-corrected chi connectivity index (χ3v) is 4.57. The fourth-order valence-corrected chi connectivity index (χ4v) is 2.42. The molecular weight excluding hydrogens is 267 g/mol. The number of halogens is 2. The minimum absolute atomic E-state index is 0.341. The van der Waals surface area contributed by atoms with Gasteiger partial charge in [0.1, 0.15) is 10.7 Å². The number of hydrogen-bond acceptors (Lipinski definition) is 3. The third-order valence-electron chi connectivity index (χ3n) is 1.79. The van der Waals surface area contributed by atoms with Crippen molar-refractivity contribution in [1.82, 2.24) is 4.98 Å². The first kappa shape index (κ1) is 12.1. The van der Waals surface area contributed by atoms with Crippen LogP contribution in [0.3, 0.4) is 0 Å². The molecule has 0 aliphatic rings. The highest BCUT2D eigenvalue weighted by Gasteiger charge is 2.30. The van der Waals surface area contributed by atoms with Crippen molar-refractivity contribution in [3.8, 4) is 0 Å². The molecule has 0 bridgehead atoms. The molecule has 0 saturated carbocycles. The Labute approximate surface area is 95.9 Å². The normalized spacial score (nSPS) is 14.4. The molecule has 1 unspecified atom stereocenters. The predicted octanol–water partition coefficient (Wildman–Crippen LogP) is 2.83. The summed E-state index contributed by atoms with van der Waals surface area (Å²) in [5.41, 5.74) is 5.06. The third kappa shape index (κ3) is 3.00. The Morgan fingerprint density at radius 3 is 2.86 bits per heavy atom. The molecule has 1 atom stereocenters. The number of thiazole rings is 1. The molecule has 0 fully saturated rings. The van der Waals surface area contributed by atoms with Gasteiger partial charge in [0.2, 0.25) is 0 Å². The maximum Gasteiger partial charge on any atom is 0.124 e. The zero-order valence-electron chi connectivity index (χ0n) is 8.26. The fourth-order valence-electron chi connectivity index (χ4n) is 0.995. The van der Waals surface area contributed by atoms with E-state index in [4.69, 9.17) is 5.73 Å². The van der Waals surface area contributed by atoms with Crippen LogP contribution in [0.2, 0.25) is 0 Å². The Morgan fingerprint density at radius 1 is 1.71 bits per heavy atom. The molecule has 0 aromatic carbocycles. The standard InChI is InChI=1S/C9H14BrFN2S/c1-9(2,11)7(10)8-13-6(3-4-12)5-14-8/h5,7H,3-4,12H2,1-2H3. The summed E-state index contributed by atoms with van der Waals surface area (Å²) in [6, 6.07) is 0. The molecule has 0 spiro atoms. The highest BCUT2D eigenvalue weighted by molar-refractivity contribution is 9.09. The summed E-state index contributed by atoms with van der Waals surface area (Å²) < 4.78 is 13.6. The van der Waals surface area contributed by atoms with E-state index in [1.807, 2.05) is 5.38 Å².